The molecule has 2 aliphatic carbocycles. The van der Waals surface area contributed by atoms with E-state index in [1.54, 1.807) is 12.1 Å². The second kappa shape index (κ2) is 8.51. The van der Waals surface area contributed by atoms with Gasteiger partial charge in [-0.05, 0) is 55.6 Å². The first kappa shape index (κ1) is 19.3. The first-order valence-corrected chi connectivity index (χ1v) is 10.5. The van der Waals surface area contributed by atoms with Crippen molar-refractivity contribution in [2.75, 3.05) is 0 Å². The Morgan fingerprint density at radius 3 is 1.92 bits per heavy atom. The molecule has 0 N–H and O–H groups in total. The molecule has 2 fully saturated rings. The fourth-order valence-corrected chi connectivity index (χ4v) is 5.96. The molecule has 1 aromatic rings. The van der Waals surface area contributed by atoms with Crippen molar-refractivity contribution in [2.24, 2.45) is 11.8 Å². The Kier molecular flexibility index (Phi) is 6.33. The summed E-state index contributed by atoms with van der Waals surface area (Å²) in [5.41, 5.74) is 0.118. The van der Waals surface area contributed by atoms with E-state index in [-0.39, 0.29) is 11.0 Å². The molecule has 3 heteroatoms. The molecule has 0 aromatic heterocycles. The van der Waals surface area contributed by atoms with E-state index in [9.17, 15) is 4.39 Å². The first-order valence-electron chi connectivity index (χ1n) is 10.5. The van der Waals surface area contributed by atoms with Crippen molar-refractivity contribution >= 4 is 0 Å². The lowest BCUT2D eigenvalue weighted by Gasteiger charge is -2.50. The van der Waals surface area contributed by atoms with Crippen molar-refractivity contribution in [3.8, 4) is 6.07 Å². The molecule has 0 unspecified atom stereocenters. The van der Waals surface area contributed by atoms with E-state index in [4.69, 9.17) is 5.26 Å². The van der Waals surface area contributed by atoms with Crippen LogP contribution in [-0.4, -0.2) is 0 Å². The third-order valence-electron chi connectivity index (χ3n) is 7.04. The van der Waals surface area contributed by atoms with Crippen LogP contribution in [0.5, 0.6) is 0 Å². The van der Waals surface area contributed by atoms with Crippen molar-refractivity contribution in [2.45, 2.75) is 89.4 Å². The molecular formula is C23H31F2N. The quantitative estimate of drug-likeness (QED) is 0.553. The molecule has 0 heterocycles. The van der Waals surface area contributed by atoms with E-state index in [2.05, 4.69) is 6.92 Å². The summed E-state index contributed by atoms with van der Waals surface area (Å²) in [6.07, 6.45) is 13.7. The number of rotatable bonds is 5. The Morgan fingerprint density at radius 1 is 0.923 bits per heavy atom. The summed E-state index contributed by atoms with van der Waals surface area (Å²) < 4.78 is 29.8. The molecule has 0 spiro atoms. The van der Waals surface area contributed by atoms with Crippen LogP contribution in [-0.2, 0) is 5.41 Å². The number of benzene rings is 1. The molecule has 1 nitrogen and oxygen atoms in total. The van der Waals surface area contributed by atoms with E-state index >= 15 is 4.39 Å². The molecule has 0 bridgehead atoms. The lowest BCUT2D eigenvalue weighted by Crippen LogP contribution is -2.45. The predicted molar refractivity (Wildman–Crippen MR) is 101 cm³/mol. The summed E-state index contributed by atoms with van der Waals surface area (Å²) in [6.45, 7) is 2.16. The van der Waals surface area contributed by atoms with Gasteiger partial charge in [-0.15, -0.1) is 0 Å². The maximum absolute atomic E-state index is 15.3. The highest BCUT2D eigenvalue weighted by atomic mass is 19.2. The van der Waals surface area contributed by atoms with Gasteiger partial charge in [0.25, 0.3) is 0 Å². The zero-order valence-corrected chi connectivity index (χ0v) is 16.0. The van der Waals surface area contributed by atoms with Crippen molar-refractivity contribution in [1.29, 1.82) is 5.26 Å². The van der Waals surface area contributed by atoms with E-state index in [0.717, 1.165) is 38.5 Å². The average molecular weight is 360 g/mol. The average Bonchev–Trinajstić information content (AvgIpc) is 2.70. The number of hydrogen-bond acceptors (Lipinski definition) is 1. The fraction of sp³-hybridized carbons (Fsp3) is 0.696. The van der Waals surface area contributed by atoms with Gasteiger partial charge in [0.05, 0.1) is 5.56 Å². The highest BCUT2D eigenvalue weighted by Gasteiger charge is 2.48. The van der Waals surface area contributed by atoms with Crippen LogP contribution in [0.15, 0.2) is 12.1 Å². The molecule has 142 valence electrons. The van der Waals surface area contributed by atoms with E-state index in [1.165, 1.54) is 44.6 Å². The summed E-state index contributed by atoms with van der Waals surface area (Å²) in [5.74, 6) is -0.840. The molecule has 2 saturated carbocycles. The highest BCUT2D eigenvalue weighted by molar-refractivity contribution is 5.39. The lowest BCUT2D eigenvalue weighted by molar-refractivity contribution is 0.0846. The van der Waals surface area contributed by atoms with Crippen molar-refractivity contribution in [1.82, 2.24) is 0 Å². The minimum Gasteiger partial charge on any atom is -0.203 e. The van der Waals surface area contributed by atoms with E-state index < -0.39 is 11.6 Å². The minimum absolute atomic E-state index is 0.177. The van der Waals surface area contributed by atoms with Crippen LogP contribution in [0, 0.1) is 34.8 Å². The van der Waals surface area contributed by atoms with Gasteiger partial charge in [0, 0.05) is 5.41 Å². The number of nitriles is 1. The zero-order valence-electron chi connectivity index (χ0n) is 16.0. The highest BCUT2D eigenvalue weighted by Crippen LogP contribution is 2.54. The van der Waals surface area contributed by atoms with Gasteiger partial charge in [0.15, 0.2) is 11.6 Å². The van der Waals surface area contributed by atoms with Crippen molar-refractivity contribution in [3.05, 3.63) is 34.9 Å². The van der Waals surface area contributed by atoms with E-state index in [0.29, 0.717) is 17.4 Å². The molecule has 0 amide bonds. The van der Waals surface area contributed by atoms with Gasteiger partial charge in [-0.2, -0.15) is 5.26 Å². The topological polar surface area (TPSA) is 23.8 Å². The molecule has 2 aliphatic rings. The maximum atomic E-state index is 15.3. The number of nitrogens with zero attached hydrogens (tertiary/aromatic N) is 1. The molecule has 0 saturated heterocycles. The molecule has 26 heavy (non-hydrogen) atoms. The van der Waals surface area contributed by atoms with Crippen LogP contribution in [0.1, 0.15) is 95.1 Å². The van der Waals surface area contributed by atoms with Gasteiger partial charge in [-0.25, -0.2) is 8.78 Å². The summed E-state index contributed by atoms with van der Waals surface area (Å²) in [6, 6.07) is 5.04. The van der Waals surface area contributed by atoms with Gasteiger partial charge >= 0.3 is 0 Å². The second-order valence-corrected chi connectivity index (χ2v) is 8.36. The fourth-order valence-electron chi connectivity index (χ4n) is 5.96. The Bertz CT molecular complexity index is 631. The largest absolute Gasteiger partial charge is 0.203 e. The Hall–Kier alpha value is -1.43. The molecular weight excluding hydrogens is 328 g/mol. The van der Waals surface area contributed by atoms with Crippen LogP contribution in [0.3, 0.4) is 0 Å². The van der Waals surface area contributed by atoms with Crippen LogP contribution in [0.25, 0.3) is 0 Å². The normalized spacial score (nSPS) is 20.1. The molecule has 0 atom stereocenters. The Morgan fingerprint density at radius 2 is 1.46 bits per heavy atom. The smallest absolute Gasteiger partial charge is 0.176 e. The monoisotopic (exact) mass is 359 g/mol. The molecule has 1 aromatic carbocycles. The van der Waals surface area contributed by atoms with Gasteiger partial charge < -0.3 is 0 Å². The predicted octanol–water partition coefficient (Wildman–Crippen LogP) is 7.03. The third-order valence-corrected chi connectivity index (χ3v) is 7.04. The van der Waals surface area contributed by atoms with Crippen LogP contribution in [0.4, 0.5) is 8.78 Å². The van der Waals surface area contributed by atoms with Gasteiger partial charge in [-0.3, -0.25) is 0 Å². The van der Waals surface area contributed by atoms with Gasteiger partial charge in [-0.1, -0.05) is 57.9 Å². The summed E-state index contributed by atoms with van der Waals surface area (Å²) in [4.78, 5) is 0. The standard InChI is InChI=1S/C23H31F2N/c1-2-15-23(18-9-5-3-6-10-18,19-11-7-4-8-12-19)20-14-13-17(16-26)21(24)22(20)25/h13-14,18-19H,2-12,15H2,1H3. The van der Waals surface area contributed by atoms with Gasteiger partial charge in [0.1, 0.15) is 6.07 Å². The van der Waals surface area contributed by atoms with E-state index in [1.807, 2.05) is 0 Å². The summed E-state index contributed by atoms with van der Waals surface area (Å²) >= 11 is 0. The summed E-state index contributed by atoms with van der Waals surface area (Å²) in [5, 5.41) is 9.08. The lowest BCUT2D eigenvalue weighted by atomic mass is 9.54. The van der Waals surface area contributed by atoms with Crippen molar-refractivity contribution < 1.29 is 8.78 Å². The van der Waals surface area contributed by atoms with Gasteiger partial charge in [0.2, 0.25) is 0 Å². The maximum Gasteiger partial charge on any atom is 0.176 e. The number of halogens is 2. The van der Waals surface area contributed by atoms with Crippen LogP contribution < -0.4 is 0 Å². The van der Waals surface area contributed by atoms with Crippen LogP contribution in [0.2, 0.25) is 0 Å². The van der Waals surface area contributed by atoms with Crippen LogP contribution >= 0.6 is 0 Å². The molecule has 3 rings (SSSR count). The Labute approximate surface area is 156 Å². The molecule has 0 radical (unpaired) electrons. The third kappa shape index (κ3) is 3.40. The zero-order chi connectivity index (χ0) is 18.6. The molecule has 0 aliphatic heterocycles. The number of hydrogen-bond donors (Lipinski definition) is 0. The first-order chi connectivity index (χ1) is 12.6. The van der Waals surface area contributed by atoms with Crippen molar-refractivity contribution in [3.63, 3.8) is 0 Å². The summed E-state index contributed by atoms with van der Waals surface area (Å²) in [7, 11) is 0. The Balaban J connectivity index is 2.15. The minimum atomic E-state index is -0.947. The SMILES string of the molecule is CCCC(c1ccc(C#N)c(F)c1F)(C1CCCCC1)C1CCCCC1. The second-order valence-electron chi connectivity index (χ2n) is 8.36.